The average Bonchev–Trinajstić information content (AvgIpc) is 3.04. The second-order valence-corrected chi connectivity index (χ2v) is 9.23. The van der Waals surface area contributed by atoms with Crippen molar-refractivity contribution in [3.63, 3.8) is 0 Å². The van der Waals surface area contributed by atoms with Crippen molar-refractivity contribution in [2.75, 3.05) is 23.8 Å². The van der Waals surface area contributed by atoms with Crippen LogP contribution in [-0.4, -0.2) is 50.3 Å². The van der Waals surface area contributed by atoms with Gasteiger partial charge in [-0.1, -0.05) is 36.4 Å². The van der Waals surface area contributed by atoms with E-state index in [1.807, 2.05) is 36.4 Å². The zero-order chi connectivity index (χ0) is 30.4. The Morgan fingerprint density at radius 3 is 1.36 bits per heavy atom. The molecule has 0 bridgehead atoms. The summed E-state index contributed by atoms with van der Waals surface area (Å²) in [5.74, 6) is 1.08. The molecule has 1 fully saturated rings. The van der Waals surface area contributed by atoms with Crippen LogP contribution in [-0.2, 0) is 9.47 Å². The summed E-state index contributed by atoms with van der Waals surface area (Å²) >= 11 is 0. The Balaban J connectivity index is 1.08. The van der Waals surface area contributed by atoms with Crippen molar-refractivity contribution in [3.8, 4) is 11.5 Å². The van der Waals surface area contributed by atoms with Gasteiger partial charge in [0.25, 0.3) is 12.6 Å². The van der Waals surface area contributed by atoms with Gasteiger partial charge in [0.2, 0.25) is 0 Å². The monoisotopic (exact) mass is 594 g/mol. The Hall–Kier alpha value is -5.72. The molecule has 1 aliphatic rings. The van der Waals surface area contributed by atoms with E-state index in [-0.39, 0.29) is 0 Å². The number of benzene rings is 4. The van der Waals surface area contributed by atoms with E-state index in [1.165, 1.54) is 12.4 Å². The third-order valence-electron chi connectivity index (χ3n) is 5.96. The highest BCUT2D eigenvalue weighted by molar-refractivity contribution is 5.91. The van der Waals surface area contributed by atoms with Gasteiger partial charge in [0.1, 0.15) is 11.5 Å². The van der Waals surface area contributed by atoms with Crippen molar-refractivity contribution in [2.24, 2.45) is 10.2 Å². The Bertz CT molecular complexity index is 1430. The van der Waals surface area contributed by atoms with Crippen LogP contribution >= 0.6 is 0 Å². The predicted molar refractivity (Wildman–Crippen MR) is 166 cm³/mol. The molecule has 12 heteroatoms. The van der Waals surface area contributed by atoms with Gasteiger partial charge in [0, 0.05) is 11.4 Å². The second-order valence-electron chi connectivity index (χ2n) is 9.23. The van der Waals surface area contributed by atoms with E-state index in [0.29, 0.717) is 36.1 Å². The summed E-state index contributed by atoms with van der Waals surface area (Å²) in [6.45, 7) is 0.707. The molecule has 4 amide bonds. The summed E-state index contributed by atoms with van der Waals surface area (Å²) in [6.07, 6.45) is 1.43. The van der Waals surface area contributed by atoms with Crippen LogP contribution < -0.4 is 31.0 Å². The summed E-state index contributed by atoms with van der Waals surface area (Å²) in [4.78, 5) is 23.9. The Morgan fingerprint density at radius 2 is 0.977 bits per heavy atom. The van der Waals surface area contributed by atoms with E-state index in [9.17, 15) is 9.59 Å². The highest BCUT2D eigenvalue weighted by atomic mass is 16.8. The van der Waals surface area contributed by atoms with Gasteiger partial charge in [0.15, 0.2) is 0 Å². The molecule has 4 aromatic carbocycles. The zero-order valence-corrected chi connectivity index (χ0v) is 23.5. The van der Waals surface area contributed by atoms with Crippen LogP contribution in [0.15, 0.2) is 119 Å². The topological polar surface area (TPSA) is 144 Å². The predicted octanol–water partition coefficient (Wildman–Crippen LogP) is 5.15. The molecule has 0 saturated carbocycles. The number of nitrogens with zero attached hydrogens (tertiary/aromatic N) is 2. The molecule has 1 aliphatic heterocycles. The molecule has 1 heterocycles. The number of anilines is 2. The smallest absolute Gasteiger partial charge is 0.339 e. The van der Waals surface area contributed by atoms with Crippen LogP contribution in [0.25, 0.3) is 0 Å². The first-order valence-corrected chi connectivity index (χ1v) is 13.7. The molecular formula is C32H30N6O6. The van der Waals surface area contributed by atoms with E-state index in [2.05, 4.69) is 31.7 Å². The molecule has 5 rings (SSSR count). The van der Waals surface area contributed by atoms with Crippen molar-refractivity contribution in [3.05, 3.63) is 120 Å². The van der Waals surface area contributed by atoms with E-state index in [1.54, 1.807) is 72.8 Å². The minimum atomic E-state index is -0.805. The molecule has 0 aromatic heterocycles. The number of carbonyl (C=O) groups is 2. The number of rotatable bonds is 10. The molecule has 0 radical (unpaired) electrons. The maximum Gasteiger partial charge on any atom is 0.339 e. The summed E-state index contributed by atoms with van der Waals surface area (Å²) < 4.78 is 23.5. The van der Waals surface area contributed by atoms with Crippen LogP contribution in [0.4, 0.5) is 21.0 Å². The molecule has 44 heavy (non-hydrogen) atoms. The Kier molecular flexibility index (Phi) is 10.5. The number of amides is 4. The van der Waals surface area contributed by atoms with Crippen molar-refractivity contribution in [2.45, 2.75) is 12.6 Å². The number of hydrogen-bond donors (Lipinski definition) is 4. The Labute approximate surface area is 253 Å². The zero-order valence-electron chi connectivity index (χ0n) is 23.5. The number of carbonyl (C=O) groups excluding carboxylic acids is 2. The van der Waals surface area contributed by atoms with Gasteiger partial charge in [-0.2, -0.15) is 10.2 Å². The quantitative estimate of drug-likeness (QED) is 0.148. The van der Waals surface area contributed by atoms with Crippen LogP contribution in [0.5, 0.6) is 11.5 Å². The van der Waals surface area contributed by atoms with E-state index in [0.717, 1.165) is 11.1 Å². The number of ether oxygens (including phenoxy) is 4. The minimum absolute atomic E-state index is 0.353. The molecule has 2 atom stereocenters. The number of nitrogens with one attached hydrogen (secondary N) is 4. The molecular weight excluding hydrogens is 564 g/mol. The number of hydrazone groups is 2. The normalized spacial score (nSPS) is 16.3. The lowest BCUT2D eigenvalue weighted by molar-refractivity contribution is -0.271. The number of hydrogen-bond acceptors (Lipinski definition) is 8. The molecule has 0 spiro atoms. The van der Waals surface area contributed by atoms with Crippen LogP contribution in [0.2, 0.25) is 0 Å². The third-order valence-corrected chi connectivity index (χ3v) is 5.96. The van der Waals surface area contributed by atoms with Gasteiger partial charge in [0.05, 0.1) is 25.6 Å². The molecule has 1 saturated heterocycles. The summed E-state index contributed by atoms with van der Waals surface area (Å²) in [6, 6.07) is 31.4. The van der Waals surface area contributed by atoms with Gasteiger partial charge >= 0.3 is 12.1 Å². The van der Waals surface area contributed by atoms with Crippen molar-refractivity contribution >= 4 is 35.9 Å². The summed E-state index contributed by atoms with van der Waals surface area (Å²) in [7, 11) is 0. The number of urea groups is 2. The first-order valence-electron chi connectivity index (χ1n) is 13.7. The van der Waals surface area contributed by atoms with E-state index >= 15 is 0 Å². The first-order chi connectivity index (χ1) is 21.6. The highest BCUT2D eigenvalue weighted by Crippen LogP contribution is 2.22. The van der Waals surface area contributed by atoms with Gasteiger partial charge in [-0.05, 0) is 83.9 Å². The standard InChI is InChI=1S/C32H30N6O6/c39-31(35-25-7-3-1-4-8-25)37-33-21-23-11-15-27(16-12-23)43-29-30(42-20-19-41-29)44-28-17-13-24(14-18-28)22-34-38-32(40)36-26-9-5-2-6-10-26/h1-18,21-22,29-30H,19-20H2,(H2,35,37,39)(H2,36,38,40)/b33-21-,34-22-/t29-,30+. The maximum atomic E-state index is 12.0. The van der Waals surface area contributed by atoms with Crippen LogP contribution in [0.3, 0.4) is 0 Å². The van der Waals surface area contributed by atoms with Gasteiger partial charge < -0.3 is 29.6 Å². The lowest BCUT2D eigenvalue weighted by Crippen LogP contribution is -2.45. The van der Waals surface area contributed by atoms with E-state index in [4.69, 9.17) is 18.9 Å². The van der Waals surface area contributed by atoms with Gasteiger partial charge in [-0.15, -0.1) is 0 Å². The van der Waals surface area contributed by atoms with Crippen molar-refractivity contribution in [1.82, 2.24) is 10.9 Å². The largest absolute Gasteiger partial charge is 0.458 e. The number of para-hydroxylation sites is 2. The first kappa shape index (κ1) is 29.8. The lowest BCUT2D eigenvalue weighted by Gasteiger charge is -2.31. The molecule has 0 aliphatic carbocycles. The molecule has 224 valence electrons. The average molecular weight is 595 g/mol. The molecule has 0 unspecified atom stereocenters. The Morgan fingerprint density at radius 1 is 0.591 bits per heavy atom. The van der Waals surface area contributed by atoms with Crippen molar-refractivity contribution in [1.29, 1.82) is 0 Å². The van der Waals surface area contributed by atoms with Gasteiger partial charge in [-0.25, -0.2) is 20.4 Å². The van der Waals surface area contributed by atoms with Crippen LogP contribution in [0.1, 0.15) is 11.1 Å². The SMILES string of the molecule is O=C(N/N=C\c1ccc(O[C@H]2OCCO[C@H]2Oc2ccc(/C=N\NC(=O)Nc3ccccc3)cc2)cc1)Nc1ccccc1. The summed E-state index contributed by atoms with van der Waals surface area (Å²) in [5, 5.41) is 13.3. The third kappa shape index (κ3) is 9.41. The fourth-order valence-electron chi connectivity index (χ4n) is 3.89. The maximum absolute atomic E-state index is 12.0. The molecule has 12 nitrogen and oxygen atoms in total. The molecule has 4 N–H and O–H groups in total. The lowest BCUT2D eigenvalue weighted by atomic mass is 10.2. The fraction of sp³-hybridized carbons (Fsp3) is 0.125. The van der Waals surface area contributed by atoms with Gasteiger partial charge in [-0.3, -0.25) is 0 Å². The molecule has 4 aromatic rings. The summed E-state index contributed by atoms with van der Waals surface area (Å²) in [5.41, 5.74) is 7.68. The fourth-order valence-corrected chi connectivity index (χ4v) is 3.89. The van der Waals surface area contributed by atoms with Crippen molar-refractivity contribution < 1.29 is 28.5 Å². The van der Waals surface area contributed by atoms with Crippen LogP contribution in [0, 0.1) is 0 Å². The highest BCUT2D eigenvalue weighted by Gasteiger charge is 2.31. The minimum Gasteiger partial charge on any atom is -0.458 e. The van der Waals surface area contributed by atoms with E-state index < -0.39 is 24.6 Å². The second kappa shape index (κ2) is 15.5.